The van der Waals surface area contributed by atoms with E-state index < -0.39 is 29.4 Å². The molecule has 152 valence electrons. The standard InChI is InChI=1S/C20H28BrF2NO3/c1-13-15(21)8-5-9-16(13)27-12-6-7-14-10-11-24(18(25)26)17(19(2,3)4)20(14,22)23/h5,8-9,14,17H,6-7,10-12H2,1-4H3,(H,25,26)/t14?,17-/m0/s1. The number of carboxylic acid groups (broad SMARTS) is 1. The maximum Gasteiger partial charge on any atom is 0.407 e. The molecule has 0 aromatic heterocycles. The molecule has 27 heavy (non-hydrogen) atoms. The number of carbonyl (C=O) groups is 1. The Morgan fingerprint density at radius 2 is 2.07 bits per heavy atom. The summed E-state index contributed by atoms with van der Waals surface area (Å²) in [7, 11) is 0. The van der Waals surface area contributed by atoms with Crippen LogP contribution in [0.25, 0.3) is 0 Å². The van der Waals surface area contributed by atoms with Crippen molar-refractivity contribution in [2.75, 3.05) is 13.2 Å². The van der Waals surface area contributed by atoms with Gasteiger partial charge in [-0.05, 0) is 43.7 Å². The zero-order valence-corrected chi connectivity index (χ0v) is 17.9. The highest BCUT2D eigenvalue weighted by molar-refractivity contribution is 9.10. The average Bonchev–Trinajstić information content (AvgIpc) is 2.54. The lowest BCUT2D eigenvalue weighted by atomic mass is 9.73. The highest BCUT2D eigenvalue weighted by Crippen LogP contribution is 2.47. The highest BCUT2D eigenvalue weighted by atomic mass is 79.9. The maximum absolute atomic E-state index is 15.2. The van der Waals surface area contributed by atoms with Gasteiger partial charge < -0.3 is 9.84 Å². The molecule has 1 amide bonds. The molecule has 0 spiro atoms. The van der Waals surface area contributed by atoms with Gasteiger partial charge in [0.25, 0.3) is 5.92 Å². The predicted octanol–water partition coefficient (Wildman–Crippen LogP) is 5.97. The number of ether oxygens (including phenoxy) is 1. The lowest BCUT2D eigenvalue weighted by Crippen LogP contribution is -2.63. The summed E-state index contributed by atoms with van der Waals surface area (Å²) in [6, 6.07) is 4.33. The first-order valence-corrected chi connectivity index (χ1v) is 10.0. The maximum atomic E-state index is 15.2. The molecule has 0 aliphatic carbocycles. The van der Waals surface area contributed by atoms with Gasteiger partial charge in [-0.1, -0.05) is 42.8 Å². The molecule has 1 aliphatic rings. The number of hydrogen-bond donors (Lipinski definition) is 1. The van der Waals surface area contributed by atoms with Crippen LogP contribution in [0.15, 0.2) is 22.7 Å². The molecule has 1 aromatic carbocycles. The van der Waals surface area contributed by atoms with Crippen molar-refractivity contribution in [1.82, 2.24) is 4.90 Å². The van der Waals surface area contributed by atoms with Gasteiger partial charge in [-0.2, -0.15) is 0 Å². The van der Waals surface area contributed by atoms with E-state index in [1.165, 1.54) is 0 Å². The van der Waals surface area contributed by atoms with Crippen molar-refractivity contribution >= 4 is 22.0 Å². The molecule has 1 N–H and O–H groups in total. The van der Waals surface area contributed by atoms with E-state index in [0.717, 1.165) is 20.7 Å². The lowest BCUT2D eigenvalue weighted by molar-refractivity contribution is -0.175. The Labute approximate surface area is 168 Å². The third kappa shape index (κ3) is 4.92. The summed E-state index contributed by atoms with van der Waals surface area (Å²) in [5.41, 5.74) is 0.134. The fourth-order valence-corrected chi connectivity index (χ4v) is 4.24. The topological polar surface area (TPSA) is 49.8 Å². The van der Waals surface area contributed by atoms with Gasteiger partial charge in [-0.15, -0.1) is 0 Å². The van der Waals surface area contributed by atoms with Gasteiger partial charge in [0.2, 0.25) is 0 Å². The molecule has 1 unspecified atom stereocenters. The second-order valence-corrected chi connectivity index (χ2v) is 9.11. The van der Waals surface area contributed by atoms with E-state index >= 15 is 8.78 Å². The molecule has 0 saturated carbocycles. The fraction of sp³-hybridized carbons (Fsp3) is 0.650. The van der Waals surface area contributed by atoms with Crippen LogP contribution in [0, 0.1) is 18.3 Å². The van der Waals surface area contributed by atoms with Crippen molar-refractivity contribution in [3.8, 4) is 5.75 Å². The Morgan fingerprint density at radius 3 is 2.67 bits per heavy atom. The van der Waals surface area contributed by atoms with Gasteiger partial charge in [-0.3, -0.25) is 4.90 Å². The first kappa shape index (κ1) is 21.9. The minimum Gasteiger partial charge on any atom is -0.493 e. The molecular weight excluding hydrogens is 420 g/mol. The SMILES string of the molecule is Cc1c(Br)cccc1OCCCC1CCN(C(=O)O)[C@@H](C(C)(C)C)C1(F)F. The summed E-state index contributed by atoms with van der Waals surface area (Å²) in [5.74, 6) is -3.17. The van der Waals surface area contributed by atoms with Gasteiger partial charge in [0, 0.05) is 22.5 Å². The predicted molar refractivity (Wildman–Crippen MR) is 105 cm³/mol. The number of benzene rings is 1. The van der Waals surface area contributed by atoms with Gasteiger partial charge in [0.15, 0.2) is 0 Å². The molecule has 0 bridgehead atoms. The van der Waals surface area contributed by atoms with Crippen LogP contribution in [0.1, 0.15) is 45.6 Å². The number of hydrogen-bond acceptors (Lipinski definition) is 2. The molecular formula is C20H28BrF2NO3. The summed E-state index contributed by atoms with van der Waals surface area (Å²) in [4.78, 5) is 12.4. The van der Waals surface area contributed by atoms with Crippen molar-refractivity contribution in [1.29, 1.82) is 0 Å². The van der Waals surface area contributed by atoms with Gasteiger partial charge >= 0.3 is 6.09 Å². The van der Waals surface area contributed by atoms with Gasteiger partial charge in [-0.25, -0.2) is 13.6 Å². The van der Waals surface area contributed by atoms with E-state index in [9.17, 15) is 9.90 Å². The zero-order valence-electron chi connectivity index (χ0n) is 16.3. The summed E-state index contributed by atoms with van der Waals surface area (Å²) in [6.07, 6.45) is -0.306. The Balaban J connectivity index is 2.00. The van der Waals surface area contributed by atoms with Crippen LogP contribution < -0.4 is 4.74 Å². The second-order valence-electron chi connectivity index (χ2n) is 8.26. The Morgan fingerprint density at radius 1 is 1.41 bits per heavy atom. The molecule has 2 atom stereocenters. The summed E-state index contributed by atoms with van der Waals surface area (Å²) < 4.78 is 37.0. The average molecular weight is 448 g/mol. The summed E-state index contributed by atoms with van der Waals surface area (Å²) >= 11 is 3.44. The minimum absolute atomic E-state index is 0.142. The number of piperidine rings is 1. The van der Waals surface area contributed by atoms with Crippen molar-refractivity contribution in [3.05, 3.63) is 28.2 Å². The Kier molecular flexibility index (Phi) is 6.77. The molecule has 1 fully saturated rings. The monoisotopic (exact) mass is 447 g/mol. The van der Waals surface area contributed by atoms with Crippen LogP contribution in [-0.2, 0) is 0 Å². The summed E-state index contributed by atoms with van der Waals surface area (Å²) in [6.45, 7) is 7.44. The lowest BCUT2D eigenvalue weighted by Gasteiger charge is -2.49. The van der Waals surface area contributed by atoms with Crippen LogP contribution >= 0.6 is 15.9 Å². The molecule has 7 heteroatoms. The smallest absolute Gasteiger partial charge is 0.407 e. The molecule has 1 aromatic rings. The number of alkyl halides is 2. The van der Waals surface area contributed by atoms with E-state index in [0.29, 0.717) is 19.4 Å². The third-order valence-corrected chi connectivity index (χ3v) is 6.04. The van der Waals surface area contributed by atoms with Gasteiger partial charge in [0.05, 0.1) is 6.61 Å². The number of nitrogens with zero attached hydrogens (tertiary/aromatic N) is 1. The van der Waals surface area contributed by atoms with E-state index in [1.54, 1.807) is 20.8 Å². The van der Waals surface area contributed by atoms with Gasteiger partial charge in [0.1, 0.15) is 11.8 Å². The van der Waals surface area contributed by atoms with Crippen LogP contribution in [0.3, 0.4) is 0 Å². The molecule has 1 aliphatic heterocycles. The van der Waals surface area contributed by atoms with Crippen molar-refractivity contribution in [2.24, 2.45) is 11.3 Å². The molecule has 2 rings (SSSR count). The zero-order chi connectivity index (χ0) is 20.4. The van der Waals surface area contributed by atoms with Crippen molar-refractivity contribution < 1.29 is 23.4 Å². The quantitative estimate of drug-likeness (QED) is 0.565. The van der Waals surface area contributed by atoms with Crippen LogP contribution in [0.2, 0.25) is 0 Å². The number of likely N-dealkylation sites (tertiary alicyclic amines) is 1. The molecule has 0 radical (unpaired) electrons. The Bertz CT molecular complexity index is 676. The van der Waals surface area contributed by atoms with Crippen molar-refractivity contribution in [3.63, 3.8) is 0 Å². The van der Waals surface area contributed by atoms with Crippen molar-refractivity contribution in [2.45, 2.75) is 58.9 Å². The fourth-order valence-electron chi connectivity index (χ4n) is 3.89. The second kappa shape index (κ2) is 8.33. The Hall–Kier alpha value is -1.37. The largest absolute Gasteiger partial charge is 0.493 e. The van der Waals surface area contributed by atoms with Crippen LogP contribution in [-0.4, -0.2) is 41.2 Å². The first-order valence-electron chi connectivity index (χ1n) is 9.21. The van der Waals surface area contributed by atoms with Crippen LogP contribution in [0.4, 0.5) is 13.6 Å². The number of halogens is 3. The third-order valence-electron chi connectivity index (χ3n) is 5.18. The van der Waals surface area contributed by atoms with Crippen LogP contribution in [0.5, 0.6) is 5.75 Å². The molecule has 1 heterocycles. The molecule has 1 saturated heterocycles. The minimum atomic E-state index is -3.07. The van der Waals surface area contributed by atoms with E-state index in [1.807, 2.05) is 25.1 Å². The van der Waals surface area contributed by atoms with E-state index in [4.69, 9.17) is 4.74 Å². The van der Waals surface area contributed by atoms with E-state index in [2.05, 4.69) is 15.9 Å². The first-order chi connectivity index (χ1) is 12.5. The van der Waals surface area contributed by atoms with E-state index in [-0.39, 0.29) is 13.0 Å². The number of amides is 1. The number of rotatable bonds is 5. The normalized spacial score (nSPS) is 22.6. The molecule has 4 nitrogen and oxygen atoms in total. The summed E-state index contributed by atoms with van der Waals surface area (Å²) in [5, 5.41) is 9.35. The highest BCUT2D eigenvalue weighted by Gasteiger charge is 2.57.